The minimum absolute atomic E-state index is 0.0456. The Kier molecular flexibility index (Phi) is 6.74. The molecule has 0 amide bonds. The Bertz CT molecular complexity index is 193. The van der Waals surface area contributed by atoms with Crippen molar-refractivity contribution >= 4 is 11.9 Å². The van der Waals surface area contributed by atoms with Crippen molar-refractivity contribution < 1.29 is 19.4 Å². The molecule has 0 radical (unpaired) electrons. The van der Waals surface area contributed by atoms with Crippen LogP contribution in [0.4, 0.5) is 0 Å². The quantitative estimate of drug-likeness (QED) is 0.589. The summed E-state index contributed by atoms with van der Waals surface area (Å²) < 4.78 is 4.71. The largest absolute Gasteiger partial charge is 0.481 e. The van der Waals surface area contributed by atoms with Crippen molar-refractivity contribution in [3.8, 4) is 0 Å². The summed E-state index contributed by atoms with van der Waals surface area (Å²) in [5, 5.41) is 8.38. The van der Waals surface area contributed by atoms with Crippen molar-refractivity contribution in [1.29, 1.82) is 0 Å². The number of hydrogen-bond acceptors (Lipinski definition) is 4. The van der Waals surface area contributed by atoms with Crippen LogP contribution >= 0.6 is 0 Å². The zero-order valence-electron chi connectivity index (χ0n) is 8.36. The van der Waals surface area contributed by atoms with Crippen LogP contribution in [0, 0.1) is 0 Å². The molecular formula is C9H17NO4. The number of nitrogens with two attached hydrogens (primary N) is 1. The summed E-state index contributed by atoms with van der Waals surface area (Å²) in [5.74, 6) is -1.14. The van der Waals surface area contributed by atoms with E-state index in [1.807, 2.05) is 0 Å². The van der Waals surface area contributed by atoms with Crippen molar-refractivity contribution in [1.82, 2.24) is 0 Å². The summed E-state index contributed by atoms with van der Waals surface area (Å²) in [6.07, 6.45) is 1.18. The van der Waals surface area contributed by atoms with Crippen LogP contribution in [0.15, 0.2) is 0 Å². The number of esters is 1. The van der Waals surface area contributed by atoms with Gasteiger partial charge in [-0.05, 0) is 19.8 Å². The molecule has 0 heterocycles. The Morgan fingerprint density at radius 2 is 1.93 bits per heavy atom. The van der Waals surface area contributed by atoms with Gasteiger partial charge >= 0.3 is 11.9 Å². The molecule has 1 unspecified atom stereocenters. The van der Waals surface area contributed by atoms with Crippen molar-refractivity contribution in [3.05, 3.63) is 0 Å². The molecule has 3 N–H and O–H groups in total. The van der Waals surface area contributed by atoms with E-state index < -0.39 is 5.97 Å². The Morgan fingerprint density at radius 1 is 1.36 bits per heavy atom. The third-order valence-electron chi connectivity index (χ3n) is 1.75. The van der Waals surface area contributed by atoms with E-state index in [9.17, 15) is 9.59 Å². The van der Waals surface area contributed by atoms with Crippen molar-refractivity contribution in [2.45, 2.75) is 38.6 Å². The van der Waals surface area contributed by atoms with Gasteiger partial charge in [0.05, 0.1) is 6.61 Å². The topological polar surface area (TPSA) is 89.6 Å². The monoisotopic (exact) mass is 203 g/mol. The average Bonchev–Trinajstić information content (AvgIpc) is 2.12. The third-order valence-corrected chi connectivity index (χ3v) is 1.75. The Hall–Kier alpha value is -1.10. The number of carbonyl (C=O) groups is 2. The predicted molar refractivity (Wildman–Crippen MR) is 50.7 cm³/mol. The summed E-state index contributed by atoms with van der Waals surface area (Å²) in [7, 11) is 0. The van der Waals surface area contributed by atoms with E-state index in [0.29, 0.717) is 19.4 Å². The van der Waals surface area contributed by atoms with Crippen LogP contribution in [0.25, 0.3) is 0 Å². The van der Waals surface area contributed by atoms with E-state index in [1.165, 1.54) is 0 Å². The Morgan fingerprint density at radius 3 is 2.43 bits per heavy atom. The molecule has 14 heavy (non-hydrogen) atoms. The summed E-state index contributed by atoms with van der Waals surface area (Å²) in [6.45, 7) is 2.10. The maximum atomic E-state index is 10.9. The fraction of sp³-hybridized carbons (Fsp3) is 0.778. The van der Waals surface area contributed by atoms with E-state index >= 15 is 0 Å². The van der Waals surface area contributed by atoms with Crippen molar-refractivity contribution in [3.63, 3.8) is 0 Å². The van der Waals surface area contributed by atoms with Gasteiger partial charge in [0, 0.05) is 18.9 Å². The fourth-order valence-electron chi connectivity index (χ4n) is 0.990. The van der Waals surface area contributed by atoms with E-state index in [0.717, 1.165) is 0 Å². The first-order chi connectivity index (χ1) is 6.56. The van der Waals surface area contributed by atoms with Gasteiger partial charge in [-0.2, -0.15) is 0 Å². The molecule has 0 aliphatic rings. The number of aliphatic carboxylic acids is 1. The highest BCUT2D eigenvalue weighted by Crippen LogP contribution is 2.03. The molecule has 0 aliphatic carbocycles. The molecule has 0 spiro atoms. The first kappa shape index (κ1) is 12.9. The van der Waals surface area contributed by atoms with E-state index in [-0.39, 0.29) is 24.9 Å². The molecule has 0 aromatic rings. The zero-order valence-corrected chi connectivity index (χ0v) is 8.36. The highest BCUT2D eigenvalue weighted by atomic mass is 16.5. The molecule has 0 aromatic heterocycles. The fourth-order valence-corrected chi connectivity index (χ4v) is 0.990. The average molecular weight is 203 g/mol. The van der Waals surface area contributed by atoms with Gasteiger partial charge in [-0.15, -0.1) is 0 Å². The summed E-state index contributed by atoms with van der Waals surface area (Å²) in [6, 6.07) is -0.240. The molecule has 5 nitrogen and oxygen atoms in total. The zero-order chi connectivity index (χ0) is 11.0. The molecule has 0 rings (SSSR count). The van der Waals surface area contributed by atoms with Crippen molar-refractivity contribution in [2.75, 3.05) is 6.61 Å². The normalized spacial score (nSPS) is 12.1. The lowest BCUT2D eigenvalue weighted by Crippen LogP contribution is -2.22. The highest BCUT2D eigenvalue weighted by Gasteiger charge is 2.09. The second-order valence-corrected chi connectivity index (χ2v) is 3.04. The lowest BCUT2D eigenvalue weighted by atomic mass is 10.1. The second kappa shape index (κ2) is 7.32. The number of carbonyl (C=O) groups excluding carboxylic acids is 1. The minimum atomic E-state index is -0.864. The first-order valence-corrected chi connectivity index (χ1v) is 4.69. The van der Waals surface area contributed by atoms with Crippen molar-refractivity contribution in [2.24, 2.45) is 5.73 Å². The van der Waals surface area contributed by atoms with Gasteiger partial charge in [0.15, 0.2) is 0 Å². The van der Waals surface area contributed by atoms with Crippen LogP contribution in [-0.2, 0) is 14.3 Å². The smallest absolute Gasteiger partial charge is 0.305 e. The summed E-state index contributed by atoms with van der Waals surface area (Å²) in [5.41, 5.74) is 5.60. The highest BCUT2D eigenvalue weighted by molar-refractivity contribution is 5.69. The molecule has 0 fully saturated rings. The van der Waals surface area contributed by atoms with Gasteiger partial charge in [0.25, 0.3) is 0 Å². The molecule has 0 aliphatic heterocycles. The first-order valence-electron chi connectivity index (χ1n) is 4.69. The van der Waals surface area contributed by atoms with Gasteiger partial charge in [-0.3, -0.25) is 9.59 Å². The van der Waals surface area contributed by atoms with Gasteiger partial charge in [-0.25, -0.2) is 0 Å². The summed E-state index contributed by atoms with van der Waals surface area (Å²) in [4.78, 5) is 21.1. The Balaban J connectivity index is 3.48. The second-order valence-electron chi connectivity index (χ2n) is 3.04. The number of carboxylic acid groups (broad SMARTS) is 1. The van der Waals surface area contributed by atoms with E-state index in [1.54, 1.807) is 6.92 Å². The van der Waals surface area contributed by atoms with Gasteiger partial charge in [0.1, 0.15) is 0 Å². The lowest BCUT2D eigenvalue weighted by Gasteiger charge is -2.08. The lowest BCUT2D eigenvalue weighted by molar-refractivity contribution is -0.143. The molecule has 0 aromatic carbocycles. The molecule has 5 heteroatoms. The van der Waals surface area contributed by atoms with Gasteiger partial charge < -0.3 is 15.6 Å². The number of hydrogen-bond donors (Lipinski definition) is 2. The van der Waals surface area contributed by atoms with Crippen LogP contribution < -0.4 is 5.73 Å². The predicted octanol–water partition coefficient (Wildman–Crippen LogP) is 0.522. The Labute approximate surface area is 83.2 Å². The van der Waals surface area contributed by atoms with Crippen LogP contribution in [0.1, 0.15) is 32.6 Å². The van der Waals surface area contributed by atoms with Crippen LogP contribution in [0.2, 0.25) is 0 Å². The SMILES string of the molecule is CCOC(=O)CCC(N)CCC(=O)O. The summed E-state index contributed by atoms with van der Waals surface area (Å²) >= 11 is 0. The van der Waals surface area contributed by atoms with Gasteiger partial charge in [-0.1, -0.05) is 0 Å². The van der Waals surface area contributed by atoms with Crippen LogP contribution in [-0.4, -0.2) is 29.7 Å². The van der Waals surface area contributed by atoms with Crippen LogP contribution in [0.3, 0.4) is 0 Å². The third kappa shape index (κ3) is 7.54. The number of rotatable bonds is 7. The van der Waals surface area contributed by atoms with Gasteiger partial charge in [0.2, 0.25) is 0 Å². The minimum Gasteiger partial charge on any atom is -0.481 e. The molecule has 0 saturated carbocycles. The number of carboxylic acids is 1. The molecule has 0 bridgehead atoms. The van der Waals surface area contributed by atoms with Crippen LogP contribution in [0.5, 0.6) is 0 Å². The molecule has 0 saturated heterocycles. The molecular weight excluding hydrogens is 186 g/mol. The van der Waals surface area contributed by atoms with E-state index in [2.05, 4.69) is 0 Å². The standard InChI is InChI=1S/C9H17NO4/c1-2-14-9(13)6-4-7(10)3-5-8(11)12/h7H,2-6,10H2,1H3,(H,11,12). The molecule has 82 valence electrons. The maximum absolute atomic E-state index is 10.9. The number of ether oxygens (including phenoxy) is 1. The molecule has 1 atom stereocenters. The maximum Gasteiger partial charge on any atom is 0.305 e. The van der Waals surface area contributed by atoms with E-state index in [4.69, 9.17) is 15.6 Å².